The molecule has 2 N–H and O–H groups in total. The Balaban J connectivity index is 2.12. The molecule has 0 bridgehead atoms. The molecule has 8 heteroatoms. The summed E-state index contributed by atoms with van der Waals surface area (Å²) in [6.07, 6.45) is 1.73. The zero-order valence-electron chi connectivity index (χ0n) is 11.2. The van der Waals surface area contributed by atoms with E-state index in [1.165, 1.54) is 16.4 Å². The molecule has 20 heavy (non-hydrogen) atoms. The van der Waals surface area contributed by atoms with Crippen LogP contribution >= 0.6 is 11.8 Å². The van der Waals surface area contributed by atoms with E-state index in [0.29, 0.717) is 10.9 Å². The number of pyridine rings is 1. The summed E-state index contributed by atoms with van der Waals surface area (Å²) in [7, 11) is 1.64. The number of hydrogen-bond acceptors (Lipinski definition) is 6. The number of aromatic amines is 1. The first-order chi connectivity index (χ1) is 9.60. The number of nitrogens with one attached hydrogen (secondary N) is 2. The summed E-state index contributed by atoms with van der Waals surface area (Å²) >= 11 is 1.34. The predicted octanol–water partition coefficient (Wildman–Crippen LogP) is 0.588. The first-order valence-corrected chi connectivity index (χ1v) is 7.07. The number of aromatic nitrogens is 4. The molecule has 0 aliphatic carbocycles. The molecule has 0 saturated heterocycles. The van der Waals surface area contributed by atoms with E-state index in [4.69, 9.17) is 0 Å². The van der Waals surface area contributed by atoms with E-state index in [1.807, 2.05) is 19.1 Å². The van der Waals surface area contributed by atoms with Crippen LogP contribution in [0, 0.1) is 0 Å². The van der Waals surface area contributed by atoms with Crippen molar-refractivity contribution in [2.45, 2.75) is 17.8 Å². The fourth-order valence-corrected chi connectivity index (χ4v) is 2.42. The van der Waals surface area contributed by atoms with Crippen LogP contribution in [0.4, 0.5) is 5.69 Å². The van der Waals surface area contributed by atoms with Crippen LogP contribution in [0.15, 0.2) is 33.1 Å². The summed E-state index contributed by atoms with van der Waals surface area (Å²) in [5.74, 6) is 0.561. The third-order valence-electron chi connectivity index (χ3n) is 2.49. The standard InChI is InChI=1S/C12H15N5O2S/c1-3-13-8-4-5-14-9(6-8)7-20-12-15-10(18)11(19)16-17(12)2/h4-6H,3,7H2,1-2H3,(H,13,14)(H,16,19). The van der Waals surface area contributed by atoms with E-state index in [2.05, 4.69) is 20.4 Å². The largest absolute Gasteiger partial charge is 0.385 e. The second-order valence-electron chi connectivity index (χ2n) is 4.05. The summed E-state index contributed by atoms with van der Waals surface area (Å²) in [4.78, 5) is 30.3. The maximum absolute atomic E-state index is 11.2. The van der Waals surface area contributed by atoms with Crippen LogP contribution in [0.1, 0.15) is 12.6 Å². The highest BCUT2D eigenvalue weighted by Crippen LogP contribution is 2.19. The number of aryl methyl sites for hydroxylation is 1. The first kappa shape index (κ1) is 14.3. The maximum Gasteiger partial charge on any atom is 0.339 e. The van der Waals surface area contributed by atoms with Crippen molar-refractivity contribution in [1.82, 2.24) is 19.7 Å². The molecule has 0 saturated carbocycles. The summed E-state index contributed by atoms with van der Waals surface area (Å²) in [6, 6.07) is 3.84. The van der Waals surface area contributed by atoms with Crippen LogP contribution in [0.5, 0.6) is 0 Å². The van der Waals surface area contributed by atoms with Crippen LogP contribution in [-0.4, -0.2) is 26.3 Å². The van der Waals surface area contributed by atoms with E-state index in [1.54, 1.807) is 13.2 Å². The highest BCUT2D eigenvalue weighted by molar-refractivity contribution is 7.98. The van der Waals surface area contributed by atoms with Crippen LogP contribution < -0.4 is 16.4 Å². The predicted molar refractivity (Wildman–Crippen MR) is 78.1 cm³/mol. The van der Waals surface area contributed by atoms with Gasteiger partial charge in [-0.05, 0) is 19.1 Å². The quantitative estimate of drug-likeness (QED) is 0.619. The van der Waals surface area contributed by atoms with Crippen molar-refractivity contribution in [3.05, 3.63) is 44.7 Å². The Morgan fingerprint density at radius 1 is 1.45 bits per heavy atom. The summed E-state index contributed by atoms with van der Waals surface area (Å²) < 4.78 is 1.43. The van der Waals surface area contributed by atoms with Gasteiger partial charge in [0.15, 0.2) is 5.16 Å². The maximum atomic E-state index is 11.2. The summed E-state index contributed by atoms with van der Waals surface area (Å²) in [5, 5.41) is 6.06. The third kappa shape index (κ3) is 3.47. The smallest absolute Gasteiger partial charge is 0.339 e. The van der Waals surface area contributed by atoms with Gasteiger partial charge in [0.2, 0.25) is 0 Å². The minimum Gasteiger partial charge on any atom is -0.385 e. The topological polar surface area (TPSA) is 92.7 Å². The Morgan fingerprint density at radius 3 is 3.00 bits per heavy atom. The molecule has 0 aromatic carbocycles. The first-order valence-electron chi connectivity index (χ1n) is 6.09. The van der Waals surface area contributed by atoms with Crippen molar-refractivity contribution < 1.29 is 0 Å². The fourth-order valence-electron chi connectivity index (χ4n) is 1.60. The van der Waals surface area contributed by atoms with Gasteiger partial charge in [0.05, 0.1) is 5.69 Å². The molecule has 2 rings (SSSR count). The van der Waals surface area contributed by atoms with E-state index in [9.17, 15) is 9.59 Å². The Hall–Kier alpha value is -2.09. The van der Waals surface area contributed by atoms with Crippen LogP contribution in [0.2, 0.25) is 0 Å². The van der Waals surface area contributed by atoms with Crippen molar-refractivity contribution in [3.8, 4) is 0 Å². The number of hydrogen-bond donors (Lipinski definition) is 2. The number of nitrogens with zero attached hydrogens (tertiary/aromatic N) is 3. The molecule has 0 radical (unpaired) electrons. The van der Waals surface area contributed by atoms with Gasteiger partial charge in [-0.1, -0.05) is 11.8 Å². The van der Waals surface area contributed by atoms with E-state index in [-0.39, 0.29) is 0 Å². The number of anilines is 1. The molecule has 2 heterocycles. The van der Waals surface area contributed by atoms with Crippen molar-refractivity contribution in [2.24, 2.45) is 7.05 Å². The van der Waals surface area contributed by atoms with Gasteiger partial charge >= 0.3 is 11.1 Å². The van der Waals surface area contributed by atoms with Crippen molar-refractivity contribution in [2.75, 3.05) is 11.9 Å². The monoisotopic (exact) mass is 293 g/mol. The molecule has 2 aromatic heterocycles. The Bertz CT molecular complexity index is 709. The van der Waals surface area contributed by atoms with Gasteiger partial charge in [-0.25, -0.2) is 0 Å². The third-order valence-corrected chi connectivity index (χ3v) is 3.56. The van der Waals surface area contributed by atoms with Gasteiger partial charge in [-0.15, -0.1) is 0 Å². The zero-order valence-corrected chi connectivity index (χ0v) is 12.0. The van der Waals surface area contributed by atoms with Gasteiger partial charge in [0.25, 0.3) is 0 Å². The molecule has 106 valence electrons. The normalized spacial score (nSPS) is 10.5. The molecule has 0 aliphatic rings. The fraction of sp³-hybridized carbons (Fsp3) is 0.333. The molecular weight excluding hydrogens is 278 g/mol. The summed E-state index contributed by atoms with van der Waals surface area (Å²) in [6.45, 7) is 2.86. The lowest BCUT2D eigenvalue weighted by Gasteiger charge is -2.07. The van der Waals surface area contributed by atoms with E-state index < -0.39 is 11.1 Å². The number of H-pyrrole nitrogens is 1. The lowest BCUT2D eigenvalue weighted by Crippen LogP contribution is -2.33. The van der Waals surface area contributed by atoms with Crippen molar-refractivity contribution in [1.29, 1.82) is 0 Å². The second-order valence-corrected chi connectivity index (χ2v) is 5.00. The number of thioether (sulfide) groups is 1. The molecule has 7 nitrogen and oxygen atoms in total. The van der Waals surface area contributed by atoms with Gasteiger partial charge in [0, 0.05) is 31.2 Å². The lowest BCUT2D eigenvalue weighted by molar-refractivity contribution is 0.596. The SMILES string of the molecule is CCNc1ccnc(CSc2nc(=O)c(=O)[nH]n2C)c1. The van der Waals surface area contributed by atoms with E-state index in [0.717, 1.165) is 17.9 Å². The number of rotatable bonds is 5. The summed E-state index contributed by atoms with van der Waals surface area (Å²) in [5.41, 5.74) is 0.374. The highest BCUT2D eigenvalue weighted by atomic mass is 32.2. The molecular formula is C12H15N5O2S. The average Bonchev–Trinajstić information content (AvgIpc) is 2.42. The van der Waals surface area contributed by atoms with Crippen LogP contribution in [0.25, 0.3) is 0 Å². The Kier molecular flexibility index (Phi) is 4.57. The van der Waals surface area contributed by atoms with Crippen LogP contribution in [-0.2, 0) is 12.8 Å². The lowest BCUT2D eigenvalue weighted by atomic mass is 10.3. The molecule has 2 aromatic rings. The molecule has 0 atom stereocenters. The molecule has 0 amide bonds. The Labute approximate surface area is 119 Å². The highest BCUT2D eigenvalue weighted by Gasteiger charge is 2.06. The molecule has 0 aliphatic heterocycles. The van der Waals surface area contributed by atoms with Gasteiger partial charge in [0.1, 0.15) is 0 Å². The second kappa shape index (κ2) is 6.38. The van der Waals surface area contributed by atoms with Crippen LogP contribution in [0.3, 0.4) is 0 Å². The zero-order chi connectivity index (χ0) is 14.5. The van der Waals surface area contributed by atoms with Gasteiger partial charge in [-0.2, -0.15) is 4.98 Å². The van der Waals surface area contributed by atoms with Gasteiger partial charge in [-0.3, -0.25) is 24.4 Å². The van der Waals surface area contributed by atoms with E-state index >= 15 is 0 Å². The minimum atomic E-state index is -0.778. The van der Waals surface area contributed by atoms with Crippen molar-refractivity contribution >= 4 is 17.4 Å². The molecule has 0 unspecified atom stereocenters. The Morgan fingerprint density at radius 2 is 2.25 bits per heavy atom. The molecule has 0 fully saturated rings. The average molecular weight is 293 g/mol. The minimum absolute atomic E-state index is 0.449. The van der Waals surface area contributed by atoms with Crippen molar-refractivity contribution in [3.63, 3.8) is 0 Å². The molecule has 0 spiro atoms. The van der Waals surface area contributed by atoms with Gasteiger partial charge < -0.3 is 5.32 Å².